The predicted molar refractivity (Wildman–Crippen MR) is 67.0 cm³/mol. The first kappa shape index (κ1) is 12.4. The highest BCUT2D eigenvalue weighted by atomic mass is 32.2. The average Bonchev–Trinajstić information content (AvgIpc) is 3.01. The molecule has 1 unspecified atom stereocenters. The summed E-state index contributed by atoms with van der Waals surface area (Å²) in [4.78, 5) is 0. The molecule has 1 atom stereocenters. The molecule has 1 saturated carbocycles. The molecule has 0 bridgehead atoms. The summed E-state index contributed by atoms with van der Waals surface area (Å²) in [6, 6.07) is 0.828. The minimum absolute atomic E-state index is 0.828. The SMILES string of the molecule is CCSCCCCCC(NC)C1CC1. The second kappa shape index (κ2) is 7.58. The quantitative estimate of drug-likeness (QED) is 0.592. The van der Waals surface area contributed by atoms with Gasteiger partial charge in [-0.05, 0) is 50.2 Å². The Kier molecular flexibility index (Phi) is 6.70. The molecule has 1 aliphatic rings. The first-order valence-corrected chi connectivity index (χ1v) is 7.29. The second-order valence-electron chi connectivity index (χ2n) is 4.28. The average molecular weight is 215 g/mol. The van der Waals surface area contributed by atoms with Crippen LogP contribution in [0, 0.1) is 5.92 Å². The van der Waals surface area contributed by atoms with Crippen LogP contribution in [0.4, 0.5) is 0 Å². The van der Waals surface area contributed by atoms with Gasteiger partial charge in [-0.2, -0.15) is 11.8 Å². The molecule has 1 rings (SSSR count). The third-order valence-electron chi connectivity index (χ3n) is 3.07. The molecule has 0 heterocycles. The molecule has 14 heavy (non-hydrogen) atoms. The summed E-state index contributed by atoms with van der Waals surface area (Å²) in [6.45, 7) is 2.24. The number of thioether (sulfide) groups is 1. The van der Waals surface area contributed by atoms with Crippen LogP contribution in [0.5, 0.6) is 0 Å². The first-order valence-electron chi connectivity index (χ1n) is 6.13. The highest BCUT2D eigenvalue weighted by Crippen LogP contribution is 2.34. The van der Waals surface area contributed by atoms with E-state index in [4.69, 9.17) is 0 Å². The van der Waals surface area contributed by atoms with Crippen LogP contribution in [0.25, 0.3) is 0 Å². The van der Waals surface area contributed by atoms with Gasteiger partial charge in [0.25, 0.3) is 0 Å². The molecule has 1 aliphatic carbocycles. The van der Waals surface area contributed by atoms with Crippen LogP contribution in [0.15, 0.2) is 0 Å². The van der Waals surface area contributed by atoms with E-state index in [2.05, 4.69) is 31.1 Å². The molecular formula is C12H25NS. The molecule has 84 valence electrons. The summed E-state index contributed by atoms with van der Waals surface area (Å²) in [7, 11) is 2.12. The molecular weight excluding hydrogens is 190 g/mol. The van der Waals surface area contributed by atoms with Crippen molar-refractivity contribution in [3.05, 3.63) is 0 Å². The number of nitrogens with one attached hydrogen (secondary N) is 1. The van der Waals surface area contributed by atoms with E-state index in [9.17, 15) is 0 Å². The lowest BCUT2D eigenvalue weighted by Gasteiger charge is -2.14. The van der Waals surface area contributed by atoms with Crippen molar-refractivity contribution in [1.29, 1.82) is 0 Å². The predicted octanol–water partition coefficient (Wildman–Crippen LogP) is 3.30. The maximum absolute atomic E-state index is 3.46. The van der Waals surface area contributed by atoms with Crippen LogP contribution in [0.1, 0.15) is 45.4 Å². The van der Waals surface area contributed by atoms with Crippen molar-refractivity contribution in [2.24, 2.45) is 5.92 Å². The smallest absolute Gasteiger partial charge is 0.00923 e. The zero-order valence-electron chi connectivity index (χ0n) is 9.72. The highest BCUT2D eigenvalue weighted by molar-refractivity contribution is 7.99. The fourth-order valence-electron chi connectivity index (χ4n) is 2.00. The lowest BCUT2D eigenvalue weighted by Crippen LogP contribution is -2.27. The van der Waals surface area contributed by atoms with Gasteiger partial charge in [0.05, 0.1) is 0 Å². The van der Waals surface area contributed by atoms with E-state index in [1.165, 1.54) is 50.0 Å². The van der Waals surface area contributed by atoms with Gasteiger partial charge in [-0.1, -0.05) is 19.8 Å². The first-order chi connectivity index (χ1) is 6.88. The van der Waals surface area contributed by atoms with Gasteiger partial charge < -0.3 is 5.32 Å². The van der Waals surface area contributed by atoms with Gasteiger partial charge in [0.15, 0.2) is 0 Å². The van der Waals surface area contributed by atoms with Crippen molar-refractivity contribution in [3.8, 4) is 0 Å². The Labute approximate surface area is 93.4 Å². The lowest BCUT2D eigenvalue weighted by molar-refractivity contribution is 0.448. The fourth-order valence-corrected chi connectivity index (χ4v) is 2.70. The summed E-state index contributed by atoms with van der Waals surface area (Å²) in [5, 5.41) is 3.46. The standard InChI is InChI=1S/C12H25NS/c1-3-14-10-6-4-5-7-12(13-2)11-8-9-11/h11-13H,3-10H2,1-2H3. The van der Waals surface area contributed by atoms with Crippen molar-refractivity contribution in [2.45, 2.75) is 51.5 Å². The van der Waals surface area contributed by atoms with Crippen LogP contribution in [0.3, 0.4) is 0 Å². The van der Waals surface area contributed by atoms with Crippen molar-refractivity contribution in [1.82, 2.24) is 5.32 Å². The van der Waals surface area contributed by atoms with Crippen molar-refractivity contribution < 1.29 is 0 Å². The molecule has 0 aliphatic heterocycles. The molecule has 0 spiro atoms. The largest absolute Gasteiger partial charge is 0.317 e. The zero-order chi connectivity index (χ0) is 10.2. The zero-order valence-corrected chi connectivity index (χ0v) is 10.5. The van der Waals surface area contributed by atoms with Crippen LogP contribution in [-0.4, -0.2) is 24.6 Å². The molecule has 2 heteroatoms. The van der Waals surface area contributed by atoms with Crippen LogP contribution < -0.4 is 5.32 Å². The fraction of sp³-hybridized carbons (Fsp3) is 1.00. The molecule has 0 saturated heterocycles. The normalized spacial score (nSPS) is 18.4. The van der Waals surface area contributed by atoms with E-state index in [0.29, 0.717) is 0 Å². The monoisotopic (exact) mass is 215 g/mol. The molecule has 0 radical (unpaired) electrons. The molecule has 0 aromatic carbocycles. The summed E-state index contributed by atoms with van der Waals surface area (Å²) < 4.78 is 0. The lowest BCUT2D eigenvalue weighted by atomic mass is 10.0. The van der Waals surface area contributed by atoms with Crippen LogP contribution in [0.2, 0.25) is 0 Å². The van der Waals surface area contributed by atoms with E-state index in [0.717, 1.165) is 12.0 Å². The Bertz CT molecular complexity index is 134. The number of unbranched alkanes of at least 4 members (excludes halogenated alkanes) is 2. The van der Waals surface area contributed by atoms with Crippen molar-refractivity contribution in [2.75, 3.05) is 18.6 Å². The number of hydrogen-bond acceptors (Lipinski definition) is 2. The maximum atomic E-state index is 3.46. The van der Waals surface area contributed by atoms with Gasteiger partial charge in [-0.15, -0.1) is 0 Å². The van der Waals surface area contributed by atoms with Crippen LogP contribution >= 0.6 is 11.8 Å². The van der Waals surface area contributed by atoms with Gasteiger partial charge in [0, 0.05) is 6.04 Å². The minimum atomic E-state index is 0.828. The van der Waals surface area contributed by atoms with E-state index in [1.54, 1.807) is 0 Å². The maximum Gasteiger partial charge on any atom is 0.00923 e. The minimum Gasteiger partial charge on any atom is -0.317 e. The highest BCUT2D eigenvalue weighted by Gasteiger charge is 2.29. The van der Waals surface area contributed by atoms with Gasteiger partial charge in [0.1, 0.15) is 0 Å². The Morgan fingerprint density at radius 3 is 2.64 bits per heavy atom. The number of rotatable bonds is 9. The third kappa shape index (κ3) is 5.26. The summed E-state index contributed by atoms with van der Waals surface area (Å²) in [5.41, 5.74) is 0. The van der Waals surface area contributed by atoms with Gasteiger partial charge in [-0.25, -0.2) is 0 Å². The van der Waals surface area contributed by atoms with E-state index in [1.807, 2.05) is 0 Å². The van der Waals surface area contributed by atoms with E-state index < -0.39 is 0 Å². The molecule has 0 amide bonds. The summed E-state index contributed by atoms with van der Waals surface area (Å²) >= 11 is 2.08. The van der Waals surface area contributed by atoms with Gasteiger partial charge >= 0.3 is 0 Å². The molecule has 1 N–H and O–H groups in total. The van der Waals surface area contributed by atoms with Crippen molar-refractivity contribution >= 4 is 11.8 Å². The van der Waals surface area contributed by atoms with E-state index in [-0.39, 0.29) is 0 Å². The Balaban J connectivity index is 1.86. The Hall–Kier alpha value is 0.310. The third-order valence-corrected chi connectivity index (χ3v) is 4.06. The Morgan fingerprint density at radius 2 is 2.07 bits per heavy atom. The molecule has 0 aromatic heterocycles. The summed E-state index contributed by atoms with van der Waals surface area (Å²) in [5.74, 6) is 3.66. The van der Waals surface area contributed by atoms with Gasteiger partial charge in [-0.3, -0.25) is 0 Å². The Morgan fingerprint density at radius 1 is 1.29 bits per heavy atom. The van der Waals surface area contributed by atoms with Crippen LogP contribution in [-0.2, 0) is 0 Å². The second-order valence-corrected chi connectivity index (χ2v) is 5.67. The van der Waals surface area contributed by atoms with Crippen molar-refractivity contribution in [3.63, 3.8) is 0 Å². The molecule has 0 aromatic rings. The summed E-state index contributed by atoms with van der Waals surface area (Å²) in [6.07, 6.45) is 8.61. The molecule has 1 nitrogen and oxygen atoms in total. The topological polar surface area (TPSA) is 12.0 Å². The van der Waals surface area contributed by atoms with Gasteiger partial charge in [0.2, 0.25) is 0 Å². The number of hydrogen-bond donors (Lipinski definition) is 1. The van der Waals surface area contributed by atoms with E-state index >= 15 is 0 Å². The molecule has 1 fully saturated rings.